The second kappa shape index (κ2) is 10.3. The predicted octanol–water partition coefficient (Wildman–Crippen LogP) is 1.09. The Morgan fingerprint density at radius 2 is 1.46 bits per heavy atom. The van der Waals surface area contributed by atoms with E-state index in [9.17, 15) is 19.2 Å². The molecule has 2 aromatic heterocycles. The highest BCUT2D eigenvalue weighted by Gasteiger charge is 2.19. The van der Waals surface area contributed by atoms with Crippen LogP contribution in [0.4, 0.5) is 0 Å². The summed E-state index contributed by atoms with van der Waals surface area (Å²) in [7, 11) is 0. The van der Waals surface area contributed by atoms with E-state index in [-0.39, 0.29) is 22.2 Å². The Hall–Kier alpha value is -4.28. The topological polar surface area (TPSA) is 164 Å². The third kappa shape index (κ3) is 5.29. The van der Waals surface area contributed by atoms with Crippen molar-refractivity contribution >= 4 is 33.6 Å². The number of amides is 2. The lowest BCUT2D eigenvalue weighted by Crippen LogP contribution is -2.38. The molecular formula is C25H25N5O5. The molecule has 0 aliphatic carbocycles. The molecule has 2 amide bonds. The molecule has 0 atom stereocenters. The molecule has 0 bridgehead atoms. The fraction of sp³-hybridized carbons (Fsp3) is 0.200. The minimum atomic E-state index is -0.632. The maximum Gasteiger partial charge on any atom is 0.265 e. The van der Waals surface area contributed by atoms with E-state index in [1.165, 1.54) is 6.07 Å². The van der Waals surface area contributed by atoms with E-state index in [2.05, 4.69) is 14.9 Å². The van der Waals surface area contributed by atoms with Crippen LogP contribution < -0.4 is 22.3 Å². The predicted molar refractivity (Wildman–Crippen MR) is 132 cm³/mol. The van der Waals surface area contributed by atoms with Crippen LogP contribution in [-0.4, -0.2) is 53.0 Å². The van der Waals surface area contributed by atoms with Gasteiger partial charge >= 0.3 is 0 Å². The number of H-pyrrole nitrogens is 2. The molecule has 3 heterocycles. The lowest BCUT2D eigenvalue weighted by molar-refractivity contribution is 0.0339. The first-order chi connectivity index (χ1) is 16.8. The zero-order chi connectivity index (χ0) is 24.9. The lowest BCUT2D eigenvalue weighted by atomic mass is 10.1. The van der Waals surface area contributed by atoms with Gasteiger partial charge < -0.3 is 26.2 Å². The second-order valence-corrected chi connectivity index (χ2v) is 8.06. The number of nitrogens with one attached hydrogen (secondary N) is 2. The Morgan fingerprint density at radius 1 is 0.857 bits per heavy atom. The number of benzene rings is 2. The van der Waals surface area contributed by atoms with Crippen LogP contribution in [0, 0.1) is 0 Å². The van der Waals surface area contributed by atoms with E-state index >= 15 is 0 Å². The second-order valence-electron chi connectivity index (χ2n) is 8.06. The number of hydrogen-bond donors (Lipinski definition) is 4. The van der Waals surface area contributed by atoms with Gasteiger partial charge in [-0.15, -0.1) is 0 Å². The van der Waals surface area contributed by atoms with E-state index in [1.54, 1.807) is 42.5 Å². The van der Waals surface area contributed by atoms with Gasteiger partial charge in [0.2, 0.25) is 0 Å². The molecule has 1 aliphatic heterocycles. The van der Waals surface area contributed by atoms with Gasteiger partial charge in [0.1, 0.15) is 11.4 Å². The average Bonchev–Trinajstić information content (AvgIpc) is 2.86. The van der Waals surface area contributed by atoms with Gasteiger partial charge in [-0.2, -0.15) is 0 Å². The van der Waals surface area contributed by atoms with Crippen LogP contribution in [-0.2, 0) is 11.3 Å². The van der Waals surface area contributed by atoms with Crippen molar-refractivity contribution in [2.45, 2.75) is 6.54 Å². The lowest BCUT2D eigenvalue weighted by Gasteiger charge is -2.26. The number of ether oxygens (including phenoxy) is 1. The zero-order valence-corrected chi connectivity index (χ0v) is 18.9. The number of morpholine rings is 1. The number of pyridine rings is 2. The molecule has 1 aliphatic rings. The molecule has 1 saturated heterocycles. The summed E-state index contributed by atoms with van der Waals surface area (Å²) in [5.41, 5.74) is 12.2. The smallest absolute Gasteiger partial charge is 0.265 e. The van der Waals surface area contributed by atoms with Crippen LogP contribution in [0.1, 0.15) is 26.5 Å². The average molecular weight is 476 g/mol. The van der Waals surface area contributed by atoms with Crippen LogP contribution in [0.15, 0.2) is 64.2 Å². The van der Waals surface area contributed by atoms with Gasteiger partial charge in [0.05, 0.1) is 13.2 Å². The quantitative estimate of drug-likeness (QED) is 0.345. The zero-order valence-electron chi connectivity index (χ0n) is 18.9. The van der Waals surface area contributed by atoms with Crippen molar-refractivity contribution < 1.29 is 14.3 Å². The van der Waals surface area contributed by atoms with Crippen molar-refractivity contribution in [3.8, 4) is 0 Å². The molecule has 1 fully saturated rings. The van der Waals surface area contributed by atoms with Gasteiger partial charge in [-0.3, -0.25) is 24.1 Å². The Balaban J connectivity index is 0.000000179. The molecule has 4 aromatic rings. The number of aromatic nitrogens is 2. The van der Waals surface area contributed by atoms with Crippen LogP contribution in [0.5, 0.6) is 0 Å². The summed E-state index contributed by atoms with van der Waals surface area (Å²) in [5.74, 6) is -1.24. The van der Waals surface area contributed by atoms with E-state index in [0.717, 1.165) is 13.1 Å². The Morgan fingerprint density at radius 3 is 2.09 bits per heavy atom. The van der Waals surface area contributed by atoms with Gasteiger partial charge in [0, 0.05) is 53.1 Å². The van der Waals surface area contributed by atoms with E-state index in [0.29, 0.717) is 47.1 Å². The third-order valence-corrected chi connectivity index (χ3v) is 5.74. The molecule has 6 N–H and O–H groups in total. The normalized spacial score (nSPS) is 13.8. The van der Waals surface area contributed by atoms with Crippen molar-refractivity contribution in [2.24, 2.45) is 11.5 Å². The van der Waals surface area contributed by atoms with Crippen LogP contribution in [0.25, 0.3) is 21.8 Å². The number of hydrogen-bond acceptors (Lipinski definition) is 6. The SMILES string of the molecule is NC(=O)c1[nH]c2ccccc2c(=O)c1CN1CCOCC1.NC(=O)c1cc(=O)c2ccccc2[nH]1. The summed E-state index contributed by atoms with van der Waals surface area (Å²) in [6, 6.07) is 15.3. The number of primary amides is 2. The minimum absolute atomic E-state index is 0.133. The monoisotopic (exact) mass is 475 g/mol. The number of nitrogens with zero attached hydrogens (tertiary/aromatic N) is 1. The van der Waals surface area contributed by atoms with Gasteiger partial charge in [-0.1, -0.05) is 24.3 Å². The summed E-state index contributed by atoms with van der Waals surface area (Å²) in [6.45, 7) is 3.16. The van der Waals surface area contributed by atoms with Gasteiger partial charge in [-0.05, 0) is 24.3 Å². The molecule has 2 aromatic carbocycles. The molecule has 0 saturated carbocycles. The van der Waals surface area contributed by atoms with E-state index in [4.69, 9.17) is 16.2 Å². The first-order valence-electron chi connectivity index (χ1n) is 11.0. The molecule has 0 spiro atoms. The minimum Gasteiger partial charge on any atom is -0.379 e. The summed E-state index contributed by atoms with van der Waals surface area (Å²) >= 11 is 0. The fourth-order valence-corrected chi connectivity index (χ4v) is 3.95. The largest absolute Gasteiger partial charge is 0.379 e. The van der Waals surface area contributed by atoms with Crippen molar-refractivity contribution in [3.63, 3.8) is 0 Å². The Labute approximate surface area is 199 Å². The van der Waals surface area contributed by atoms with Crippen molar-refractivity contribution in [2.75, 3.05) is 26.3 Å². The summed E-state index contributed by atoms with van der Waals surface area (Å²) in [4.78, 5) is 54.5. The molecule has 10 nitrogen and oxygen atoms in total. The Bertz CT molecular complexity index is 1520. The summed E-state index contributed by atoms with van der Waals surface area (Å²) < 4.78 is 5.30. The number of fused-ring (bicyclic) bond motifs is 2. The van der Waals surface area contributed by atoms with Crippen molar-refractivity contribution in [1.82, 2.24) is 14.9 Å². The standard InChI is InChI=1S/C15H17N3O3.C10H8N2O2/c16-15(20)13-11(9-18-5-7-21-8-6-18)14(19)10-3-1-2-4-12(10)17-13;11-10(14)8-5-9(13)6-3-1-2-4-7(6)12-8/h1-4H,5-9H2,(H2,16,20)(H,17,19);1-5H,(H2,11,14)(H,12,13). The molecule has 0 unspecified atom stereocenters. The first kappa shape index (κ1) is 23.9. The summed E-state index contributed by atoms with van der Waals surface area (Å²) in [6.07, 6.45) is 0. The number of carbonyl (C=O) groups is 2. The summed E-state index contributed by atoms with van der Waals surface area (Å²) in [5, 5.41) is 1.13. The van der Waals surface area contributed by atoms with Crippen molar-refractivity contribution in [1.29, 1.82) is 0 Å². The third-order valence-electron chi connectivity index (χ3n) is 5.74. The molecule has 0 radical (unpaired) electrons. The van der Waals surface area contributed by atoms with E-state index in [1.807, 2.05) is 6.07 Å². The molecule has 35 heavy (non-hydrogen) atoms. The first-order valence-corrected chi connectivity index (χ1v) is 11.0. The van der Waals surface area contributed by atoms with Gasteiger partial charge in [-0.25, -0.2) is 0 Å². The van der Waals surface area contributed by atoms with Crippen LogP contribution >= 0.6 is 0 Å². The maximum absolute atomic E-state index is 12.6. The molecule has 5 rings (SSSR count). The fourth-order valence-electron chi connectivity index (χ4n) is 3.95. The maximum atomic E-state index is 12.6. The van der Waals surface area contributed by atoms with Gasteiger partial charge in [0.15, 0.2) is 10.9 Å². The highest BCUT2D eigenvalue weighted by atomic mass is 16.5. The number of nitrogens with two attached hydrogens (primary N) is 2. The number of aromatic amines is 2. The van der Waals surface area contributed by atoms with E-state index < -0.39 is 11.8 Å². The number of para-hydroxylation sites is 2. The molecular weight excluding hydrogens is 450 g/mol. The Kier molecular flexibility index (Phi) is 7.04. The highest BCUT2D eigenvalue weighted by molar-refractivity contribution is 5.95. The van der Waals surface area contributed by atoms with Gasteiger partial charge in [0.25, 0.3) is 11.8 Å². The highest BCUT2D eigenvalue weighted by Crippen LogP contribution is 2.14. The van der Waals surface area contributed by atoms with Crippen LogP contribution in [0.2, 0.25) is 0 Å². The molecule has 10 heteroatoms. The number of carbonyl (C=O) groups excluding carboxylic acids is 2. The number of rotatable bonds is 4. The van der Waals surface area contributed by atoms with Crippen LogP contribution in [0.3, 0.4) is 0 Å². The molecule has 180 valence electrons. The van der Waals surface area contributed by atoms with Crippen molar-refractivity contribution in [3.05, 3.63) is 92.0 Å².